The van der Waals surface area contributed by atoms with Gasteiger partial charge in [-0.05, 0) is 49.6 Å². The zero-order chi connectivity index (χ0) is 19.9. The standard InChI is InChI=1S/C21H29N5O2.ClH/c1-3-15(2)20(27)24-17-7-4-6-16(12-17)13-23-21(28)19-9-11-26(25-19)18-8-5-10-22-14-18;/h4,6-7,9,11-12,15,18,22H,3,5,8,10,13-14H2,1-2H3,(H,23,28)(H,24,27);1H. The molecule has 0 aliphatic carbocycles. The minimum Gasteiger partial charge on any atom is -0.347 e. The summed E-state index contributed by atoms with van der Waals surface area (Å²) in [5.74, 6) is -0.221. The molecule has 0 spiro atoms. The number of aromatic nitrogens is 2. The van der Waals surface area contributed by atoms with E-state index in [2.05, 4.69) is 21.0 Å². The molecule has 1 aliphatic heterocycles. The Labute approximate surface area is 178 Å². The van der Waals surface area contributed by atoms with Crippen molar-refractivity contribution in [1.82, 2.24) is 20.4 Å². The van der Waals surface area contributed by atoms with Gasteiger partial charge in [0.2, 0.25) is 5.91 Å². The second-order valence-corrected chi connectivity index (χ2v) is 7.36. The molecule has 1 fully saturated rings. The number of nitrogens with zero attached hydrogens (tertiary/aromatic N) is 2. The summed E-state index contributed by atoms with van der Waals surface area (Å²) in [6, 6.07) is 9.59. The number of rotatable bonds is 7. The van der Waals surface area contributed by atoms with Crippen LogP contribution in [0, 0.1) is 5.92 Å². The Hall–Kier alpha value is -2.38. The van der Waals surface area contributed by atoms with E-state index in [9.17, 15) is 9.59 Å². The van der Waals surface area contributed by atoms with E-state index in [0.717, 1.165) is 43.6 Å². The van der Waals surface area contributed by atoms with Crippen LogP contribution in [-0.2, 0) is 11.3 Å². The van der Waals surface area contributed by atoms with Crippen molar-refractivity contribution in [2.75, 3.05) is 18.4 Å². The van der Waals surface area contributed by atoms with Gasteiger partial charge in [0.1, 0.15) is 5.69 Å². The minimum absolute atomic E-state index is 0. The van der Waals surface area contributed by atoms with E-state index in [1.54, 1.807) is 6.07 Å². The fourth-order valence-corrected chi connectivity index (χ4v) is 3.20. The average molecular weight is 420 g/mol. The van der Waals surface area contributed by atoms with Gasteiger partial charge in [0, 0.05) is 30.9 Å². The second-order valence-electron chi connectivity index (χ2n) is 7.36. The van der Waals surface area contributed by atoms with Crippen LogP contribution in [0.1, 0.15) is 55.2 Å². The number of benzene rings is 1. The summed E-state index contributed by atoms with van der Waals surface area (Å²) >= 11 is 0. The average Bonchev–Trinajstić information content (AvgIpc) is 3.22. The van der Waals surface area contributed by atoms with E-state index in [0.29, 0.717) is 18.3 Å². The van der Waals surface area contributed by atoms with Gasteiger partial charge in [-0.15, -0.1) is 12.4 Å². The van der Waals surface area contributed by atoms with Crippen molar-refractivity contribution >= 4 is 29.9 Å². The summed E-state index contributed by atoms with van der Waals surface area (Å²) in [4.78, 5) is 24.5. The van der Waals surface area contributed by atoms with Gasteiger partial charge < -0.3 is 16.0 Å². The molecule has 158 valence electrons. The number of halogens is 1. The maximum absolute atomic E-state index is 12.4. The van der Waals surface area contributed by atoms with Crippen molar-refractivity contribution in [2.45, 2.75) is 45.7 Å². The highest BCUT2D eigenvalue weighted by molar-refractivity contribution is 5.93. The summed E-state index contributed by atoms with van der Waals surface area (Å²) in [5.41, 5.74) is 2.09. The monoisotopic (exact) mass is 419 g/mol. The van der Waals surface area contributed by atoms with Gasteiger partial charge in [0.05, 0.1) is 6.04 Å². The largest absolute Gasteiger partial charge is 0.347 e. The molecule has 7 nitrogen and oxygen atoms in total. The first-order valence-electron chi connectivity index (χ1n) is 10.0. The molecule has 1 aromatic heterocycles. The number of piperidine rings is 1. The number of amides is 2. The number of carbonyl (C=O) groups excluding carboxylic acids is 2. The number of anilines is 1. The quantitative estimate of drug-likeness (QED) is 0.643. The van der Waals surface area contributed by atoms with Crippen LogP contribution in [0.25, 0.3) is 0 Å². The van der Waals surface area contributed by atoms with Crippen molar-refractivity contribution in [2.24, 2.45) is 5.92 Å². The lowest BCUT2D eigenvalue weighted by Crippen LogP contribution is -2.32. The van der Waals surface area contributed by atoms with Gasteiger partial charge in [0.15, 0.2) is 0 Å². The van der Waals surface area contributed by atoms with E-state index in [4.69, 9.17) is 0 Å². The van der Waals surface area contributed by atoms with E-state index < -0.39 is 0 Å². The number of carbonyl (C=O) groups is 2. The molecule has 1 saturated heterocycles. The molecular formula is C21H30ClN5O2. The normalized spacial score (nSPS) is 17.1. The number of hydrogen-bond donors (Lipinski definition) is 3. The first-order valence-corrected chi connectivity index (χ1v) is 10.0. The molecule has 2 atom stereocenters. The maximum Gasteiger partial charge on any atom is 0.272 e. The Bertz CT molecular complexity index is 817. The van der Waals surface area contributed by atoms with Crippen LogP contribution in [0.15, 0.2) is 36.5 Å². The van der Waals surface area contributed by atoms with Crippen LogP contribution in [-0.4, -0.2) is 34.7 Å². The molecule has 2 unspecified atom stereocenters. The molecule has 2 aromatic rings. The molecule has 3 N–H and O–H groups in total. The van der Waals surface area contributed by atoms with E-state index in [1.807, 2.05) is 49.0 Å². The predicted molar refractivity (Wildman–Crippen MR) is 116 cm³/mol. The summed E-state index contributed by atoms with van der Waals surface area (Å²) in [6.45, 7) is 6.20. The predicted octanol–water partition coefficient (Wildman–Crippen LogP) is 3.14. The van der Waals surface area contributed by atoms with E-state index in [-0.39, 0.29) is 30.1 Å². The summed E-state index contributed by atoms with van der Waals surface area (Å²) in [7, 11) is 0. The van der Waals surface area contributed by atoms with Crippen LogP contribution in [0.2, 0.25) is 0 Å². The van der Waals surface area contributed by atoms with E-state index >= 15 is 0 Å². The Morgan fingerprint density at radius 2 is 2.17 bits per heavy atom. The van der Waals surface area contributed by atoms with Crippen LogP contribution in [0.4, 0.5) is 5.69 Å². The molecule has 1 aliphatic rings. The second kappa shape index (κ2) is 11.0. The first-order chi connectivity index (χ1) is 13.6. The van der Waals surface area contributed by atoms with Crippen molar-refractivity contribution in [3.05, 3.63) is 47.8 Å². The summed E-state index contributed by atoms with van der Waals surface area (Å²) in [5, 5.41) is 13.6. The molecule has 8 heteroatoms. The molecule has 2 amide bonds. The van der Waals surface area contributed by atoms with Crippen molar-refractivity contribution < 1.29 is 9.59 Å². The van der Waals surface area contributed by atoms with Gasteiger partial charge >= 0.3 is 0 Å². The maximum atomic E-state index is 12.4. The lowest BCUT2D eigenvalue weighted by Gasteiger charge is -2.22. The van der Waals surface area contributed by atoms with Crippen molar-refractivity contribution in [3.63, 3.8) is 0 Å². The third kappa shape index (κ3) is 6.30. The Morgan fingerprint density at radius 3 is 2.90 bits per heavy atom. The van der Waals surface area contributed by atoms with Gasteiger partial charge in [-0.3, -0.25) is 14.3 Å². The van der Waals surface area contributed by atoms with Crippen molar-refractivity contribution in [1.29, 1.82) is 0 Å². The Balaban J connectivity index is 0.00000300. The lowest BCUT2D eigenvalue weighted by atomic mass is 10.1. The zero-order valence-electron chi connectivity index (χ0n) is 17.0. The molecular weight excluding hydrogens is 390 g/mol. The smallest absolute Gasteiger partial charge is 0.272 e. The van der Waals surface area contributed by atoms with Gasteiger partial charge in [-0.25, -0.2) is 0 Å². The molecule has 0 radical (unpaired) electrons. The SMILES string of the molecule is CCC(C)C(=O)Nc1cccc(CNC(=O)c2ccn(C3CCCNC3)n2)c1.Cl. The van der Waals surface area contributed by atoms with Crippen LogP contribution >= 0.6 is 12.4 Å². The third-order valence-corrected chi connectivity index (χ3v) is 5.19. The van der Waals surface area contributed by atoms with Crippen LogP contribution < -0.4 is 16.0 Å². The highest BCUT2D eigenvalue weighted by atomic mass is 35.5. The number of nitrogens with one attached hydrogen (secondary N) is 3. The molecule has 29 heavy (non-hydrogen) atoms. The van der Waals surface area contributed by atoms with Gasteiger partial charge in [-0.1, -0.05) is 26.0 Å². The highest BCUT2D eigenvalue weighted by Crippen LogP contribution is 2.16. The van der Waals surface area contributed by atoms with Gasteiger partial charge in [-0.2, -0.15) is 5.10 Å². The fourth-order valence-electron chi connectivity index (χ4n) is 3.20. The Morgan fingerprint density at radius 1 is 1.34 bits per heavy atom. The molecule has 1 aromatic carbocycles. The highest BCUT2D eigenvalue weighted by Gasteiger charge is 2.17. The number of hydrogen-bond acceptors (Lipinski definition) is 4. The molecule has 3 rings (SSSR count). The zero-order valence-corrected chi connectivity index (χ0v) is 17.8. The van der Waals surface area contributed by atoms with Crippen LogP contribution in [0.5, 0.6) is 0 Å². The third-order valence-electron chi connectivity index (χ3n) is 5.19. The summed E-state index contributed by atoms with van der Waals surface area (Å²) in [6.07, 6.45) is 4.86. The fraction of sp³-hybridized carbons (Fsp3) is 0.476. The molecule has 0 saturated carbocycles. The van der Waals surface area contributed by atoms with Crippen LogP contribution in [0.3, 0.4) is 0 Å². The van der Waals surface area contributed by atoms with Crippen molar-refractivity contribution in [3.8, 4) is 0 Å². The molecule has 2 heterocycles. The van der Waals surface area contributed by atoms with E-state index in [1.165, 1.54) is 0 Å². The molecule has 0 bridgehead atoms. The topological polar surface area (TPSA) is 88.0 Å². The Kier molecular flexibility index (Phi) is 8.67. The lowest BCUT2D eigenvalue weighted by molar-refractivity contribution is -0.119. The minimum atomic E-state index is -0.198. The van der Waals surface area contributed by atoms with Gasteiger partial charge in [0.25, 0.3) is 5.91 Å². The first kappa shape index (κ1) is 22.9. The summed E-state index contributed by atoms with van der Waals surface area (Å²) < 4.78 is 1.88.